The number of rotatable bonds is 3. The van der Waals surface area contributed by atoms with Gasteiger partial charge in [-0.25, -0.2) is 5.32 Å². The number of nitrogens with one attached hydrogen (secondary N) is 1. The van der Waals surface area contributed by atoms with Crippen LogP contribution in [0.15, 0.2) is 0 Å². The zero-order valence-corrected chi connectivity index (χ0v) is 6.34. The van der Waals surface area contributed by atoms with Gasteiger partial charge in [-0.15, -0.1) is 0 Å². The molecule has 0 atom stereocenters. The first kappa shape index (κ1) is 7.98. The Morgan fingerprint density at radius 3 is 2.70 bits per heavy atom. The molecule has 1 rings (SSSR count). The van der Waals surface area contributed by atoms with Crippen LogP contribution < -0.4 is 16.4 Å². The van der Waals surface area contributed by atoms with E-state index in [2.05, 4.69) is 10.6 Å². The summed E-state index contributed by atoms with van der Waals surface area (Å²) >= 11 is 0. The van der Waals surface area contributed by atoms with Crippen LogP contribution in [0, 0.1) is 0 Å². The van der Waals surface area contributed by atoms with Crippen LogP contribution in [0.4, 0.5) is 0 Å². The summed E-state index contributed by atoms with van der Waals surface area (Å²) in [6, 6.07) is 0.682. The number of nitrogens with two attached hydrogens (primary N) is 1. The van der Waals surface area contributed by atoms with E-state index in [0.717, 1.165) is 26.2 Å². The Morgan fingerprint density at radius 2 is 2.10 bits per heavy atom. The van der Waals surface area contributed by atoms with E-state index >= 15 is 0 Å². The zero-order valence-electron chi connectivity index (χ0n) is 6.34. The van der Waals surface area contributed by atoms with E-state index in [9.17, 15) is 0 Å². The first-order chi connectivity index (χ1) is 4.93. The van der Waals surface area contributed by atoms with Crippen molar-refractivity contribution in [3.8, 4) is 0 Å². The predicted octanol–water partition coefficient (Wildman–Crippen LogP) is -0.698. The van der Waals surface area contributed by atoms with Crippen LogP contribution in [0.1, 0.15) is 12.8 Å². The number of hydrogen-bond donors (Lipinski definition) is 2. The van der Waals surface area contributed by atoms with E-state index in [1.807, 2.05) is 0 Å². The van der Waals surface area contributed by atoms with E-state index in [1.165, 1.54) is 12.8 Å². The lowest BCUT2D eigenvalue weighted by Gasteiger charge is -2.22. The summed E-state index contributed by atoms with van der Waals surface area (Å²) < 4.78 is 0. The molecule has 0 aromatic carbocycles. The molecule has 1 saturated heterocycles. The third-order valence-corrected chi connectivity index (χ3v) is 1.85. The van der Waals surface area contributed by atoms with Gasteiger partial charge in [-0.1, -0.05) is 0 Å². The van der Waals surface area contributed by atoms with Crippen LogP contribution in [0.5, 0.6) is 0 Å². The molecule has 0 aromatic heterocycles. The molecule has 0 bridgehead atoms. The molecule has 59 valence electrons. The number of nitrogens with zero attached hydrogens (tertiary/aromatic N) is 1. The summed E-state index contributed by atoms with van der Waals surface area (Å²) in [7, 11) is 0. The highest BCUT2D eigenvalue weighted by molar-refractivity contribution is 4.73. The van der Waals surface area contributed by atoms with Crippen molar-refractivity contribution in [2.24, 2.45) is 5.73 Å². The molecule has 0 aliphatic carbocycles. The minimum atomic E-state index is 0.682. The molecular formula is C7H16N3. The zero-order chi connectivity index (χ0) is 7.23. The molecule has 3 N–H and O–H groups in total. The third-order valence-electron chi connectivity index (χ3n) is 1.85. The molecular weight excluding hydrogens is 126 g/mol. The van der Waals surface area contributed by atoms with Crippen LogP contribution in [-0.2, 0) is 0 Å². The molecule has 3 nitrogen and oxygen atoms in total. The van der Waals surface area contributed by atoms with E-state index in [1.54, 1.807) is 0 Å². The fraction of sp³-hybridized carbons (Fsp3) is 1.00. The standard InChI is InChI=1S/C7H16N3/c8-3-6-10-7-1-4-9-5-2-7/h7,10H,1-6,8H2. The molecule has 0 unspecified atom stereocenters. The summed E-state index contributed by atoms with van der Waals surface area (Å²) in [6.45, 7) is 3.75. The van der Waals surface area contributed by atoms with Gasteiger partial charge in [0.05, 0.1) is 0 Å². The molecule has 1 aliphatic rings. The average Bonchev–Trinajstić information content (AvgIpc) is 2.03. The number of hydrogen-bond acceptors (Lipinski definition) is 2. The van der Waals surface area contributed by atoms with E-state index in [0.29, 0.717) is 6.04 Å². The van der Waals surface area contributed by atoms with E-state index in [4.69, 9.17) is 5.73 Å². The van der Waals surface area contributed by atoms with Crippen molar-refractivity contribution in [2.45, 2.75) is 18.9 Å². The van der Waals surface area contributed by atoms with Gasteiger partial charge in [0.2, 0.25) is 0 Å². The first-order valence-electron chi connectivity index (χ1n) is 4.00. The molecule has 10 heavy (non-hydrogen) atoms. The lowest BCUT2D eigenvalue weighted by Crippen LogP contribution is -2.39. The molecule has 1 heterocycles. The van der Waals surface area contributed by atoms with Crippen molar-refractivity contribution in [1.82, 2.24) is 10.6 Å². The fourth-order valence-electron chi connectivity index (χ4n) is 1.24. The van der Waals surface area contributed by atoms with Gasteiger partial charge in [-0.3, -0.25) is 0 Å². The van der Waals surface area contributed by atoms with Gasteiger partial charge in [-0.05, 0) is 12.8 Å². The maximum atomic E-state index is 5.36. The molecule has 0 spiro atoms. The van der Waals surface area contributed by atoms with Gasteiger partial charge in [0.1, 0.15) is 0 Å². The quantitative estimate of drug-likeness (QED) is 0.547. The summed E-state index contributed by atoms with van der Waals surface area (Å²) in [5.74, 6) is 0. The second-order valence-corrected chi connectivity index (χ2v) is 2.69. The van der Waals surface area contributed by atoms with Gasteiger partial charge >= 0.3 is 0 Å². The van der Waals surface area contributed by atoms with Gasteiger partial charge in [-0.2, -0.15) is 0 Å². The second-order valence-electron chi connectivity index (χ2n) is 2.69. The molecule has 1 aliphatic heterocycles. The van der Waals surface area contributed by atoms with Crippen LogP contribution in [0.2, 0.25) is 0 Å². The van der Waals surface area contributed by atoms with Gasteiger partial charge in [0.25, 0.3) is 0 Å². The minimum absolute atomic E-state index is 0.682. The highest BCUT2D eigenvalue weighted by Crippen LogP contribution is 2.01. The monoisotopic (exact) mass is 142 g/mol. The Hall–Kier alpha value is -0.120. The Labute approximate surface area is 62.4 Å². The fourth-order valence-corrected chi connectivity index (χ4v) is 1.24. The minimum Gasteiger partial charge on any atom is -0.329 e. The summed E-state index contributed by atoms with van der Waals surface area (Å²) in [5.41, 5.74) is 5.36. The molecule has 1 fully saturated rings. The maximum absolute atomic E-state index is 5.36. The topological polar surface area (TPSA) is 52.1 Å². The summed E-state index contributed by atoms with van der Waals surface area (Å²) in [5, 5.41) is 7.65. The van der Waals surface area contributed by atoms with Crippen molar-refractivity contribution >= 4 is 0 Å². The summed E-state index contributed by atoms with van der Waals surface area (Å²) in [6.07, 6.45) is 2.39. The lowest BCUT2D eigenvalue weighted by molar-refractivity contribution is 0.387. The van der Waals surface area contributed by atoms with Crippen molar-refractivity contribution in [2.75, 3.05) is 26.2 Å². The van der Waals surface area contributed by atoms with Crippen LogP contribution in [0.25, 0.3) is 0 Å². The van der Waals surface area contributed by atoms with Crippen molar-refractivity contribution in [3.05, 3.63) is 0 Å². The first-order valence-corrected chi connectivity index (χ1v) is 4.00. The predicted molar refractivity (Wildman–Crippen MR) is 41.9 cm³/mol. The van der Waals surface area contributed by atoms with Crippen LogP contribution in [0.3, 0.4) is 0 Å². The SMILES string of the molecule is NCCNC1CC[N]CC1. The van der Waals surface area contributed by atoms with Crippen molar-refractivity contribution in [3.63, 3.8) is 0 Å². The Balaban J connectivity index is 2.02. The van der Waals surface area contributed by atoms with Crippen LogP contribution in [-0.4, -0.2) is 32.2 Å². The smallest absolute Gasteiger partial charge is 0.0148 e. The van der Waals surface area contributed by atoms with Crippen LogP contribution >= 0.6 is 0 Å². The average molecular weight is 142 g/mol. The second kappa shape index (κ2) is 4.66. The van der Waals surface area contributed by atoms with Crippen molar-refractivity contribution in [1.29, 1.82) is 0 Å². The molecule has 0 amide bonds. The molecule has 3 heteroatoms. The largest absolute Gasteiger partial charge is 0.329 e. The highest BCUT2D eigenvalue weighted by atomic mass is 15.0. The van der Waals surface area contributed by atoms with E-state index < -0.39 is 0 Å². The molecule has 0 aromatic rings. The molecule has 0 saturated carbocycles. The Kier molecular flexibility index (Phi) is 3.72. The molecule has 1 radical (unpaired) electrons. The highest BCUT2D eigenvalue weighted by Gasteiger charge is 2.11. The summed E-state index contributed by atoms with van der Waals surface area (Å²) in [4.78, 5) is 0. The van der Waals surface area contributed by atoms with Gasteiger partial charge < -0.3 is 11.1 Å². The lowest BCUT2D eigenvalue weighted by atomic mass is 10.1. The van der Waals surface area contributed by atoms with Gasteiger partial charge in [0, 0.05) is 32.2 Å². The third kappa shape index (κ3) is 2.64. The number of piperidine rings is 1. The normalized spacial score (nSPS) is 21.3. The Morgan fingerprint density at radius 1 is 1.40 bits per heavy atom. The maximum Gasteiger partial charge on any atom is 0.0148 e. The van der Waals surface area contributed by atoms with Crippen molar-refractivity contribution < 1.29 is 0 Å². The van der Waals surface area contributed by atoms with E-state index in [-0.39, 0.29) is 0 Å². The Bertz CT molecular complexity index is 78.9. The van der Waals surface area contributed by atoms with Gasteiger partial charge in [0.15, 0.2) is 0 Å².